The van der Waals surface area contributed by atoms with Crippen LogP contribution in [-0.2, 0) is 4.74 Å². The van der Waals surface area contributed by atoms with Crippen molar-refractivity contribution in [2.45, 2.75) is 45.3 Å². The minimum Gasteiger partial charge on any atom is -0.508 e. The quantitative estimate of drug-likeness (QED) is 0.786. The third-order valence-electron chi connectivity index (χ3n) is 5.04. The summed E-state index contributed by atoms with van der Waals surface area (Å²) in [4.78, 5) is 16.4. The molecular formula is C23H31N3O3. The lowest BCUT2D eigenvalue weighted by Gasteiger charge is -2.34. The van der Waals surface area contributed by atoms with Gasteiger partial charge in [-0.2, -0.15) is 0 Å². The summed E-state index contributed by atoms with van der Waals surface area (Å²) in [7, 11) is 2.02. The van der Waals surface area contributed by atoms with Gasteiger partial charge in [-0.15, -0.1) is 0 Å². The largest absolute Gasteiger partial charge is 0.508 e. The Balaban J connectivity index is 1.59. The molecule has 3 rings (SSSR count). The van der Waals surface area contributed by atoms with E-state index >= 15 is 0 Å². The second kappa shape index (κ2) is 8.64. The molecule has 0 atom stereocenters. The second-order valence-electron chi connectivity index (χ2n) is 8.50. The number of piperidine rings is 1. The molecule has 0 radical (unpaired) electrons. The molecule has 6 heteroatoms. The molecular weight excluding hydrogens is 366 g/mol. The fourth-order valence-electron chi connectivity index (χ4n) is 3.48. The first-order valence-electron chi connectivity index (χ1n) is 10.1. The number of rotatable bonds is 4. The molecule has 1 aliphatic heterocycles. The highest BCUT2D eigenvalue weighted by atomic mass is 16.6. The Kier molecular flexibility index (Phi) is 6.20. The number of nitrogens with zero attached hydrogens (tertiary/aromatic N) is 2. The van der Waals surface area contributed by atoms with Crippen LogP contribution in [0.2, 0.25) is 0 Å². The summed E-state index contributed by atoms with van der Waals surface area (Å²) in [5.41, 5.74) is 2.79. The fraction of sp³-hybridized carbons (Fsp3) is 0.435. The molecule has 1 saturated heterocycles. The second-order valence-corrected chi connectivity index (χ2v) is 8.50. The molecule has 1 heterocycles. The Morgan fingerprint density at radius 1 is 1.10 bits per heavy atom. The standard InChI is InChI=1S/C23H31N3O3/c1-23(2,3)29-22(28)24-17-12-14-26(15-13-17)20-7-5-6-19(16-20)25(4)18-8-10-21(27)11-9-18/h5-11,16-17,27H,12-15H2,1-4H3,(H,24,28). The summed E-state index contributed by atoms with van der Waals surface area (Å²) in [6, 6.07) is 15.8. The highest BCUT2D eigenvalue weighted by Gasteiger charge is 2.24. The van der Waals surface area contributed by atoms with E-state index in [1.54, 1.807) is 12.1 Å². The minimum absolute atomic E-state index is 0.143. The van der Waals surface area contributed by atoms with Crippen molar-refractivity contribution in [3.05, 3.63) is 48.5 Å². The number of phenolic OH excluding ortho intramolecular Hbond substituents is 1. The molecule has 156 valence electrons. The number of amides is 1. The van der Waals surface area contributed by atoms with E-state index in [1.165, 1.54) is 5.69 Å². The maximum atomic E-state index is 12.0. The molecule has 0 spiro atoms. The van der Waals surface area contributed by atoms with Crippen molar-refractivity contribution in [2.75, 3.05) is 29.9 Å². The molecule has 0 saturated carbocycles. The molecule has 0 bridgehead atoms. The van der Waals surface area contributed by atoms with E-state index < -0.39 is 5.60 Å². The average Bonchev–Trinajstić information content (AvgIpc) is 2.67. The van der Waals surface area contributed by atoms with Gasteiger partial charge >= 0.3 is 6.09 Å². The lowest BCUT2D eigenvalue weighted by atomic mass is 10.0. The van der Waals surface area contributed by atoms with Gasteiger partial charge in [0.25, 0.3) is 0 Å². The van der Waals surface area contributed by atoms with Crippen LogP contribution in [0, 0.1) is 0 Å². The van der Waals surface area contributed by atoms with Crippen LogP contribution in [0.4, 0.5) is 21.9 Å². The van der Waals surface area contributed by atoms with Crippen molar-refractivity contribution in [3.8, 4) is 5.75 Å². The molecule has 29 heavy (non-hydrogen) atoms. The van der Waals surface area contributed by atoms with Crippen LogP contribution in [0.15, 0.2) is 48.5 Å². The molecule has 1 fully saturated rings. The first kappa shape index (κ1) is 20.8. The van der Waals surface area contributed by atoms with E-state index in [9.17, 15) is 9.90 Å². The maximum absolute atomic E-state index is 12.0. The molecule has 2 aromatic rings. The van der Waals surface area contributed by atoms with Gasteiger partial charge in [0.05, 0.1) is 0 Å². The van der Waals surface area contributed by atoms with Gasteiger partial charge < -0.3 is 25.0 Å². The fourth-order valence-corrected chi connectivity index (χ4v) is 3.48. The number of carbonyl (C=O) groups excluding carboxylic acids is 1. The zero-order chi connectivity index (χ0) is 21.0. The smallest absolute Gasteiger partial charge is 0.407 e. The third kappa shape index (κ3) is 5.79. The number of phenols is 1. The Morgan fingerprint density at radius 2 is 1.76 bits per heavy atom. The Labute approximate surface area is 173 Å². The van der Waals surface area contributed by atoms with Crippen molar-refractivity contribution < 1.29 is 14.6 Å². The summed E-state index contributed by atoms with van der Waals surface area (Å²) in [6.45, 7) is 7.38. The molecule has 2 aromatic carbocycles. The minimum atomic E-state index is -0.477. The number of alkyl carbamates (subject to hydrolysis) is 1. The van der Waals surface area contributed by atoms with Gasteiger partial charge in [-0.05, 0) is 76.1 Å². The first-order valence-corrected chi connectivity index (χ1v) is 10.1. The van der Waals surface area contributed by atoms with E-state index in [2.05, 4.69) is 39.4 Å². The summed E-state index contributed by atoms with van der Waals surface area (Å²) in [6.07, 6.45) is 1.43. The summed E-state index contributed by atoms with van der Waals surface area (Å²) in [5.74, 6) is 0.263. The monoisotopic (exact) mass is 397 g/mol. The number of nitrogens with one attached hydrogen (secondary N) is 1. The number of carbonyl (C=O) groups is 1. The Morgan fingerprint density at radius 3 is 2.38 bits per heavy atom. The average molecular weight is 398 g/mol. The van der Waals surface area contributed by atoms with Gasteiger partial charge in [0.1, 0.15) is 11.4 Å². The SMILES string of the molecule is CN(c1ccc(O)cc1)c1cccc(N2CCC(NC(=O)OC(C)(C)C)CC2)c1. The Hall–Kier alpha value is -2.89. The van der Waals surface area contributed by atoms with Crippen molar-refractivity contribution in [1.29, 1.82) is 0 Å². The van der Waals surface area contributed by atoms with Crippen molar-refractivity contribution in [3.63, 3.8) is 0 Å². The van der Waals surface area contributed by atoms with E-state index in [0.29, 0.717) is 0 Å². The van der Waals surface area contributed by atoms with Gasteiger partial charge in [0, 0.05) is 43.2 Å². The molecule has 1 amide bonds. The summed E-state index contributed by atoms with van der Waals surface area (Å²) >= 11 is 0. The first-order chi connectivity index (χ1) is 13.7. The van der Waals surface area contributed by atoms with E-state index in [-0.39, 0.29) is 17.9 Å². The van der Waals surface area contributed by atoms with E-state index in [0.717, 1.165) is 37.3 Å². The normalized spacial score (nSPS) is 15.1. The van der Waals surface area contributed by atoms with Gasteiger partial charge in [-0.3, -0.25) is 0 Å². The number of hydrogen-bond donors (Lipinski definition) is 2. The number of anilines is 3. The van der Waals surface area contributed by atoms with Gasteiger partial charge in [-0.1, -0.05) is 6.07 Å². The van der Waals surface area contributed by atoms with E-state index in [4.69, 9.17) is 4.74 Å². The van der Waals surface area contributed by atoms with Crippen LogP contribution in [0.25, 0.3) is 0 Å². The molecule has 0 aromatic heterocycles. The van der Waals surface area contributed by atoms with Crippen LogP contribution in [0.1, 0.15) is 33.6 Å². The van der Waals surface area contributed by atoms with Crippen LogP contribution in [0.3, 0.4) is 0 Å². The summed E-state index contributed by atoms with van der Waals surface area (Å²) in [5, 5.41) is 12.5. The van der Waals surface area contributed by atoms with Crippen LogP contribution >= 0.6 is 0 Å². The maximum Gasteiger partial charge on any atom is 0.407 e. The van der Waals surface area contributed by atoms with Crippen molar-refractivity contribution >= 4 is 23.2 Å². The number of ether oxygens (including phenoxy) is 1. The lowest BCUT2D eigenvalue weighted by Crippen LogP contribution is -2.46. The summed E-state index contributed by atoms with van der Waals surface area (Å²) < 4.78 is 5.36. The van der Waals surface area contributed by atoms with Crippen molar-refractivity contribution in [2.24, 2.45) is 0 Å². The molecule has 2 N–H and O–H groups in total. The molecule has 1 aliphatic rings. The van der Waals surface area contributed by atoms with Gasteiger partial charge in [0.2, 0.25) is 0 Å². The van der Waals surface area contributed by atoms with Crippen LogP contribution in [-0.4, -0.2) is 43.0 Å². The highest BCUT2D eigenvalue weighted by molar-refractivity contribution is 5.69. The lowest BCUT2D eigenvalue weighted by molar-refractivity contribution is 0.0497. The molecule has 0 unspecified atom stereocenters. The number of benzene rings is 2. The molecule has 6 nitrogen and oxygen atoms in total. The predicted molar refractivity (Wildman–Crippen MR) is 117 cm³/mol. The predicted octanol–water partition coefficient (Wildman–Crippen LogP) is 4.65. The van der Waals surface area contributed by atoms with E-state index in [1.807, 2.05) is 40.0 Å². The van der Waals surface area contributed by atoms with Crippen LogP contribution < -0.4 is 15.1 Å². The van der Waals surface area contributed by atoms with Gasteiger partial charge in [0.15, 0.2) is 0 Å². The zero-order valence-corrected chi connectivity index (χ0v) is 17.7. The number of hydrogen-bond acceptors (Lipinski definition) is 5. The topological polar surface area (TPSA) is 65.0 Å². The highest BCUT2D eigenvalue weighted by Crippen LogP contribution is 2.29. The Bertz CT molecular complexity index is 822. The van der Waals surface area contributed by atoms with Crippen LogP contribution in [0.5, 0.6) is 5.75 Å². The third-order valence-corrected chi connectivity index (χ3v) is 5.04. The van der Waals surface area contributed by atoms with Gasteiger partial charge in [-0.25, -0.2) is 4.79 Å². The molecule has 0 aliphatic carbocycles. The zero-order valence-electron chi connectivity index (χ0n) is 17.7. The van der Waals surface area contributed by atoms with Crippen molar-refractivity contribution in [1.82, 2.24) is 5.32 Å². The number of aromatic hydroxyl groups is 1.